The van der Waals surface area contributed by atoms with Gasteiger partial charge in [0.25, 0.3) is 0 Å². The van der Waals surface area contributed by atoms with Gasteiger partial charge in [0, 0.05) is 12.6 Å². The molecule has 4 heteroatoms. The number of piperidine rings is 1. The van der Waals surface area contributed by atoms with E-state index in [0.717, 1.165) is 13.2 Å². The number of hydrogen-bond acceptors (Lipinski definition) is 4. The zero-order valence-corrected chi connectivity index (χ0v) is 10.7. The minimum atomic E-state index is 0.124. The summed E-state index contributed by atoms with van der Waals surface area (Å²) in [5.41, 5.74) is 0. The van der Waals surface area contributed by atoms with Crippen LogP contribution in [0.4, 0.5) is 0 Å². The van der Waals surface area contributed by atoms with Crippen molar-refractivity contribution in [1.29, 1.82) is 0 Å². The molecule has 16 heavy (non-hydrogen) atoms. The van der Waals surface area contributed by atoms with Crippen LogP contribution in [-0.4, -0.2) is 74.0 Å². The van der Waals surface area contributed by atoms with E-state index in [-0.39, 0.29) is 6.61 Å². The molecule has 96 valence electrons. The van der Waals surface area contributed by atoms with Gasteiger partial charge in [0.05, 0.1) is 19.8 Å². The van der Waals surface area contributed by atoms with Gasteiger partial charge in [0.15, 0.2) is 0 Å². The van der Waals surface area contributed by atoms with Crippen LogP contribution in [0.5, 0.6) is 0 Å². The maximum atomic E-state index is 8.59. The van der Waals surface area contributed by atoms with Crippen LogP contribution in [0.1, 0.15) is 19.8 Å². The van der Waals surface area contributed by atoms with Gasteiger partial charge in [-0.15, -0.1) is 0 Å². The fraction of sp³-hybridized carbons (Fsp3) is 1.00. The summed E-state index contributed by atoms with van der Waals surface area (Å²) in [4.78, 5) is 4.90. The monoisotopic (exact) mass is 230 g/mol. The molecule has 0 aliphatic carbocycles. The summed E-state index contributed by atoms with van der Waals surface area (Å²) in [6.45, 7) is 8.14. The van der Waals surface area contributed by atoms with E-state index in [4.69, 9.17) is 9.84 Å². The van der Waals surface area contributed by atoms with Crippen molar-refractivity contribution in [2.45, 2.75) is 25.8 Å². The lowest BCUT2D eigenvalue weighted by molar-refractivity contribution is 0.0589. The molecule has 0 saturated carbocycles. The van der Waals surface area contributed by atoms with Crippen molar-refractivity contribution in [2.24, 2.45) is 0 Å². The lowest BCUT2D eigenvalue weighted by atomic mass is 10.0. The number of hydrogen-bond donors (Lipinski definition) is 1. The molecule has 0 unspecified atom stereocenters. The Morgan fingerprint density at radius 1 is 1.31 bits per heavy atom. The maximum Gasteiger partial charge on any atom is 0.0698 e. The molecule has 1 aliphatic rings. The Hall–Kier alpha value is -0.160. The molecule has 0 atom stereocenters. The van der Waals surface area contributed by atoms with Gasteiger partial charge in [-0.05, 0) is 39.5 Å². The number of nitrogens with zero attached hydrogens (tertiary/aromatic N) is 2. The van der Waals surface area contributed by atoms with E-state index >= 15 is 0 Å². The Morgan fingerprint density at radius 3 is 2.56 bits per heavy atom. The van der Waals surface area contributed by atoms with E-state index in [1.165, 1.54) is 32.5 Å². The van der Waals surface area contributed by atoms with Crippen LogP contribution in [0.2, 0.25) is 0 Å². The summed E-state index contributed by atoms with van der Waals surface area (Å²) < 4.78 is 5.28. The molecule has 0 bridgehead atoms. The average molecular weight is 230 g/mol. The number of aliphatic hydroxyl groups excluding tert-OH is 1. The first-order valence-electron chi connectivity index (χ1n) is 6.39. The fourth-order valence-electron chi connectivity index (χ4n) is 2.23. The predicted octanol–water partition coefficient (Wildman–Crippen LogP) is 0.411. The molecule has 1 saturated heterocycles. The van der Waals surface area contributed by atoms with Gasteiger partial charge < -0.3 is 19.6 Å². The Labute approximate surface area is 99.2 Å². The van der Waals surface area contributed by atoms with Crippen LogP contribution in [0.15, 0.2) is 0 Å². The molecule has 0 amide bonds. The molecule has 0 aromatic rings. The van der Waals surface area contributed by atoms with Crippen LogP contribution in [0, 0.1) is 0 Å². The second-order valence-electron chi connectivity index (χ2n) is 4.48. The molecule has 1 heterocycles. The second kappa shape index (κ2) is 8.01. The van der Waals surface area contributed by atoms with E-state index in [1.54, 1.807) is 0 Å². The van der Waals surface area contributed by atoms with Crippen LogP contribution >= 0.6 is 0 Å². The second-order valence-corrected chi connectivity index (χ2v) is 4.48. The van der Waals surface area contributed by atoms with Crippen molar-refractivity contribution in [3.8, 4) is 0 Å². The standard InChI is InChI=1S/C12H26N2O2/c1-3-14-6-4-12(5-7-14)13(2)8-10-16-11-9-15/h12,15H,3-11H2,1-2H3. The van der Waals surface area contributed by atoms with E-state index in [9.17, 15) is 0 Å². The Bertz CT molecular complexity index is 170. The minimum absolute atomic E-state index is 0.124. The lowest BCUT2D eigenvalue weighted by Gasteiger charge is -2.36. The Kier molecular flexibility index (Phi) is 6.96. The van der Waals surface area contributed by atoms with Crippen LogP contribution in [-0.2, 0) is 4.74 Å². The third-order valence-corrected chi connectivity index (χ3v) is 3.45. The number of ether oxygens (including phenoxy) is 1. The minimum Gasteiger partial charge on any atom is -0.394 e. The maximum absolute atomic E-state index is 8.59. The molecule has 0 aromatic heterocycles. The van der Waals surface area contributed by atoms with Crippen LogP contribution < -0.4 is 0 Å². The first-order valence-corrected chi connectivity index (χ1v) is 6.39. The van der Waals surface area contributed by atoms with E-state index in [0.29, 0.717) is 12.6 Å². The number of rotatable bonds is 7. The molecule has 1 fully saturated rings. The molecular weight excluding hydrogens is 204 g/mol. The van der Waals surface area contributed by atoms with E-state index in [2.05, 4.69) is 23.8 Å². The topological polar surface area (TPSA) is 35.9 Å². The number of likely N-dealkylation sites (tertiary alicyclic amines) is 1. The van der Waals surface area contributed by atoms with Gasteiger partial charge in [-0.3, -0.25) is 0 Å². The third-order valence-electron chi connectivity index (χ3n) is 3.45. The Morgan fingerprint density at radius 2 is 2.00 bits per heavy atom. The average Bonchev–Trinajstić information content (AvgIpc) is 2.34. The van der Waals surface area contributed by atoms with Gasteiger partial charge in [-0.25, -0.2) is 0 Å². The highest BCUT2D eigenvalue weighted by Gasteiger charge is 2.20. The predicted molar refractivity (Wildman–Crippen MR) is 65.7 cm³/mol. The van der Waals surface area contributed by atoms with Gasteiger partial charge in [-0.1, -0.05) is 6.92 Å². The van der Waals surface area contributed by atoms with Crippen molar-refractivity contribution in [1.82, 2.24) is 9.80 Å². The first kappa shape index (κ1) is 13.9. The summed E-state index contributed by atoms with van der Waals surface area (Å²) in [7, 11) is 2.18. The Balaban J connectivity index is 2.10. The van der Waals surface area contributed by atoms with Crippen molar-refractivity contribution in [3.63, 3.8) is 0 Å². The lowest BCUT2D eigenvalue weighted by Crippen LogP contribution is -2.44. The highest BCUT2D eigenvalue weighted by molar-refractivity contribution is 4.77. The summed E-state index contributed by atoms with van der Waals surface area (Å²) >= 11 is 0. The fourth-order valence-corrected chi connectivity index (χ4v) is 2.23. The van der Waals surface area contributed by atoms with Crippen molar-refractivity contribution < 1.29 is 9.84 Å². The summed E-state index contributed by atoms with van der Waals surface area (Å²) in [5, 5.41) is 8.59. The van der Waals surface area contributed by atoms with Crippen LogP contribution in [0.3, 0.4) is 0 Å². The molecule has 1 rings (SSSR count). The van der Waals surface area contributed by atoms with Crippen molar-refractivity contribution in [3.05, 3.63) is 0 Å². The normalized spacial score (nSPS) is 19.5. The van der Waals surface area contributed by atoms with E-state index in [1.807, 2.05) is 0 Å². The number of aliphatic hydroxyl groups is 1. The van der Waals surface area contributed by atoms with Gasteiger partial charge in [0.1, 0.15) is 0 Å². The van der Waals surface area contributed by atoms with Crippen molar-refractivity contribution in [2.75, 3.05) is 53.0 Å². The quantitative estimate of drug-likeness (QED) is 0.643. The molecule has 4 nitrogen and oxygen atoms in total. The third kappa shape index (κ3) is 4.78. The summed E-state index contributed by atoms with van der Waals surface area (Å²) in [5.74, 6) is 0. The largest absolute Gasteiger partial charge is 0.394 e. The van der Waals surface area contributed by atoms with Gasteiger partial charge >= 0.3 is 0 Å². The van der Waals surface area contributed by atoms with Crippen molar-refractivity contribution >= 4 is 0 Å². The van der Waals surface area contributed by atoms with Gasteiger partial charge in [-0.2, -0.15) is 0 Å². The van der Waals surface area contributed by atoms with Gasteiger partial charge in [0.2, 0.25) is 0 Å². The molecule has 0 radical (unpaired) electrons. The molecule has 0 aromatic carbocycles. The molecule has 1 N–H and O–H groups in total. The number of likely N-dealkylation sites (N-methyl/N-ethyl adjacent to an activating group) is 1. The highest BCUT2D eigenvalue weighted by atomic mass is 16.5. The SMILES string of the molecule is CCN1CCC(N(C)CCOCCO)CC1. The zero-order valence-electron chi connectivity index (χ0n) is 10.7. The molecule has 1 aliphatic heterocycles. The summed E-state index contributed by atoms with van der Waals surface area (Å²) in [6.07, 6.45) is 2.54. The van der Waals surface area contributed by atoms with Crippen LogP contribution in [0.25, 0.3) is 0 Å². The molecule has 0 spiro atoms. The summed E-state index contributed by atoms with van der Waals surface area (Å²) in [6, 6.07) is 0.709. The smallest absolute Gasteiger partial charge is 0.0698 e. The zero-order chi connectivity index (χ0) is 11.8. The molecular formula is C12H26N2O2. The highest BCUT2D eigenvalue weighted by Crippen LogP contribution is 2.14. The first-order chi connectivity index (χ1) is 7.77. The van der Waals surface area contributed by atoms with E-state index < -0.39 is 0 Å².